The van der Waals surface area contributed by atoms with E-state index in [4.69, 9.17) is 4.74 Å². The average Bonchev–Trinajstić information content (AvgIpc) is 2.50. The summed E-state index contributed by atoms with van der Waals surface area (Å²) in [5, 5.41) is 3.15. The zero-order chi connectivity index (χ0) is 16.2. The number of aryl methyl sites for hydroxylation is 1. The topological polar surface area (TPSA) is 44.8 Å². The van der Waals surface area contributed by atoms with Gasteiger partial charge in [0.05, 0.1) is 13.1 Å². The van der Waals surface area contributed by atoms with Gasteiger partial charge in [0.2, 0.25) is 0 Å². The molecule has 1 aromatic carbocycles. The number of carbonyl (C=O) groups excluding carboxylic acids is 1. The number of para-hydroxylation sites is 1. The van der Waals surface area contributed by atoms with E-state index in [-0.39, 0.29) is 18.2 Å². The first-order valence-electron chi connectivity index (χ1n) is 8.64. The molecule has 0 unspecified atom stereocenters. The highest BCUT2D eigenvalue weighted by Gasteiger charge is 2.33. The van der Waals surface area contributed by atoms with Crippen molar-refractivity contribution in [2.45, 2.75) is 38.3 Å². The Balaban J connectivity index is 1.44. The number of amides is 2. The molecule has 2 aliphatic heterocycles. The van der Waals surface area contributed by atoms with Gasteiger partial charge in [-0.1, -0.05) is 25.1 Å². The number of nitrogens with one attached hydrogen (secondary N) is 1. The summed E-state index contributed by atoms with van der Waals surface area (Å²) in [5.41, 5.74) is 1.22. The maximum Gasteiger partial charge on any atom is 0.317 e. The summed E-state index contributed by atoms with van der Waals surface area (Å²) in [6.45, 7) is 5.55. The standard InChI is InChI=1S/C18H27N3O2/c1-3-14-7-4-5-9-17(14)23-16-12-21(13-16)18(22)19-15-8-6-10-20(2)11-15/h4-5,7,9,15-16H,3,6,8,10-13H2,1-2H3,(H,19,22)/t15-/m1/s1. The van der Waals surface area contributed by atoms with E-state index < -0.39 is 0 Å². The second kappa shape index (κ2) is 7.21. The number of benzene rings is 1. The molecule has 1 aromatic rings. The molecule has 0 saturated carbocycles. The van der Waals surface area contributed by atoms with Crippen molar-refractivity contribution in [1.29, 1.82) is 0 Å². The van der Waals surface area contributed by atoms with Crippen molar-refractivity contribution in [2.24, 2.45) is 0 Å². The lowest BCUT2D eigenvalue weighted by molar-refractivity contribution is 0.0417. The van der Waals surface area contributed by atoms with Crippen molar-refractivity contribution in [3.05, 3.63) is 29.8 Å². The van der Waals surface area contributed by atoms with Crippen LogP contribution in [0.1, 0.15) is 25.3 Å². The van der Waals surface area contributed by atoms with Gasteiger partial charge in [0.1, 0.15) is 11.9 Å². The lowest BCUT2D eigenvalue weighted by Gasteiger charge is -2.40. The summed E-state index contributed by atoms with van der Waals surface area (Å²) < 4.78 is 6.03. The van der Waals surface area contributed by atoms with Gasteiger partial charge < -0.3 is 19.9 Å². The molecule has 2 aliphatic rings. The number of carbonyl (C=O) groups is 1. The number of urea groups is 1. The molecule has 0 aliphatic carbocycles. The molecule has 2 heterocycles. The molecule has 3 rings (SSSR count). The Bertz CT molecular complexity index is 543. The van der Waals surface area contributed by atoms with Crippen LogP contribution in [0.5, 0.6) is 5.75 Å². The van der Waals surface area contributed by atoms with Gasteiger partial charge in [0, 0.05) is 12.6 Å². The lowest BCUT2D eigenvalue weighted by Crippen LogP contribution is -2.61. The first-order valence-corrected chi connectivity index (χ1v) is 8.64. The molecule has 5 heteroatoms. The molecule has 2 fully saturated rings. The van der Waals surface area contributed by atoms with Gasteiger partial charge in [-0.2, -0.15) is 0 Å². The number of ether oxygens (including phenoxy) is 1. The summed E-state index contributed by atoms with van der Waals surface area (Å²) in [6.07, 6.45) is 3.30. The molecule has 0 aromatic heterocycles. The highest BCUT2D eigenvalue weighted by molar-refractivity contribution is 5.75. The third-order valence-corrected chi connectivity index (χ3v) is 4.73. The Morgan fingerprint density at radius 3 is 2.83 bits per heavy atom. The van der Waals surface area contributed by atoms with Gasteiger partial charge in [0.15, 0.2) is 0 Å². The molecule has 0 radical (unpaired) electrons. The third kappa shape index (κ3) is 3.96. The quantitative estimate of drug-likeness (QED) is 0.925. The van der Waals surface area contributed by atoms with Crippen molar-refractivity contribution in [3.8, 4) is 5.75 Å². The van der Waals surface area contributed by atoms with Crippen LogP contribution in [-0.4, -0.2) is 61.2 Å². The summed E-state index contributed by atoms with van der Waals surface area (Å²) in [4.78, 5) is 16.4. The van der Waals surface area contributed by atoms with E-state index in [9.17, 15) is 4.79 Å². The largest absolute Gasteiger partial charge is 0.486 e. The van der Waals surface area contributed by atoms with Crippen LogP contribution in [0.25, 0.3) is 0 Å². The molecule has 0 bridgehead atoms. The normalized spacial score (nSPS) is 22.5. The van der Waals surface area contributed by atoms with E-state index in [2.05, 4.69) is 30.3 Å². The number of hydrogen-bond donors (Lipinski definition) is 1. The van der Waals surface area contributed by atoms with Crippen LogP contribution in [0.4, 0.5) is 4.79 Å². The minimum Gasteiger partial charge on any atom is -0.486 e. The minimum atomic E-state index is 0.0499. The smallest absolute Gasteiger partial charge is 0.317 e. The number of piperidine rings is 1. The maximum atomic E-state index is 12.3. The Morgan fingerprint density at radius 1 is 1.30 bits per heavy atom. The molecule has 0 spiro atoms. The van der Waals surface area contributed by atoms with Crippen molar-refractivity contribution < 1.29 is 9.53 Å². The monoisotopic (exact) mass is 317 g/mol. The summed E-state index contributed by atoms with van der Waals surface area (Å²) in [5.74, 6) is 0.953. The van der Waals surface area contributed by atoms with Crippen molar-refractivity contribution in [2.75, 3.05) is 33.2 Å². The number of likely N-dealkylation sites (N-methyl/N-ethyl adjacent to an activating group) is 1. The third-order valence-electron chi connectivity index (χ3n) is 4.73. The van der Waals surface area contributed by atoms with Gasteiger partial charge in [-0.05, 0) is 44.5 Å². The maximum absolute atomic E-state index is 12.3. The van der Waals surface area contributed by atoms with Crippen molar-refractivity contribution in [1.82, 2.24) is 15.1 Å². The molecule has 2 amide bonds. The van der Waals surface area contributed by atoms with Gasteiger partial charge >= 0.3 is 6.03 Å². The van der Waals surface area contributed by atoms with E-state index >= 15 is 0 Å². The van der Waals surface area contributed by atoms with Crippen LogP contribution >= 0.6 is 0 Å². The van der Waals surface area contributed by atoms with Gasteiger partial charge in [-0.25, -0.2) is 4.79 Å². The van der Waals surface area contributed by atoms with Crippen molar-refractivity contribution >= 4 is 6.03 Å². The van der Waals surface area contributed by atoms with E-state index in [0.29, 0.717) is 13.1 Å². The highest BCUT2D eigenvalue weighted by atomic mass is 16.5. The molecule has 1 atom stereocenters. The molecular weight excluding hydrogens is 290 g/mol. The van der Waals surface area contributed by atoms with Crippen molar-refractivity contribution in [3.63, 3.8) is 0 Å². The molecule has 126 valence electrons. The Hall–Kier alpha value is -1.75. The van der Waals surface area contributed by atoms with Crippen LogP contribution < -0.4 is 10.1 Å². The fourth-order valence-electron chi connectivity index (χ4n) is 3.32. The fraction of sp³-hybridized carbons (Fsp3) is 0.611. The van der Waals surface area contributed by atoms with Crippen LogP contribution in [-0.2, 0) is 6.42 Å². The molecule has 5 nitrogen and oxygen atoms in total. The van der Waals surface area contributed by atoms with Crippen LogP contribution in [0.2, 0.25) is 0 Å². The average molecular weight is 317 g/mol. The van der Waals surface area contributed by atoms with Crippen LogP contribution in [0.3, 0.4) is 0 Å². The van der Waals surface area contributed by atoms with Gasteiger partial charge in [-0.3, -0.25) is 0 Å². The predicted octanol–water partition coefficient (Wildman–Crippen LogP) is 2.12. The molecular formula is C18H27N3O2. The summed E-state index contributed by atoms with van der Waals surface area (Å²) in [7, 11) is 2.11. The highest BCUT2D eigenvalue weighted by Crippen LogP contribution is 2.23. The van der Waals surface area contributed by atoms with E-state index in [1.807, 2.05) is 23.1 Å². The Kier molecular flexibility index (Phi) is 5.06. The first-order chi connectivity index (χ1) is 11.2. The Labute approximate surface area is 138 Å². The zero-order valence-corrected chi connectivity index (χ0v) is 14.1. The van der Waals surface area contributed by atoms with E-state index in [0.717, 1.165) is 38.1 Å². The van der Waals surface area contributed by atoms with Crippen LogP contribution in [0, 0.1) is 0 Å². The number of likely N-dealkylation sites (tertiary alicyclic amines) is 2. The Morgan fingerprint density at radius 2 is 2.09 bits per heavy atom. The second-order valence-corrected chi connectivity index (χ2v) is 6.66. The second-order valence-electron chi connectivity index (χ2n) is 6.66. The summed E-state index contributed by atoms with van der Waals surface area (Å²) in [6, 6.07) is 8.47. The van der Waals surface area contributed by atoms with E-state index in [1.165, 1.54) is 5.56 Å². The fourth-order valence-corrected chi connectivity index (χ4v) is 3.32. The molecule has 1 N–H and O–H groups in total. The number of nitrogens with zero attached hydrogens (tertiary/aromatic N) is 2. The number of hydrogen-bond acceptors (Lipinski definition) is 3. The lowest BCUT2D eigenvalue weighted by atomic mass is 10.1. The van der Waals surface area contributed by atoms with Gasteiger partial charge in [-0.15, -0.1) is 0 Å². The van der Waals surface area contributed by atoms with E-state index in [1.54, 1.807) is 0 Å². The zero-order valence-electron chi connectivity index (χ0n) is 14.1. The minimum absolute atomic E-state index is 0.0499. The summed E-state index contributed by atoms with van der Waals surface area (Å²) >= 11 is 0. The van der Waals surface area contributed by atoms with Crippen LogP contribution in [0.15, 0.2) is 24.3 Å². The number of rotatable bonds is 4. The first kappa shape index (κ1) is 16.1. The van der Waals surface area contributed by atoms with Gasteiger partial charge in [0.25, 0.3) is 0 Å². The molecule has 23 heavy (non-hydrogen) atoms. The SMILES string of the molecule is CCc1ccccc1OC1CN(C(=O)N[C@@H]2CCCN(C)C2)C1. The molecule has 2 saturated heterocycles. The predicted molar refractivity (Wildman–Crippen MR) is 90.9 cm³/mol.